The zero-order chi connectivity index (χ0) is 12.1. The Hall–Kier alpha value is -0.230. The number of hydrogen-bond donors (Lipinski definition) is 2. The molecule has 0 heterocycles. The van der Waals surface area contributed by atoms with Crippen LogP contribution in [0, 0.1) is 0 Å². The maximum atomic E-state index is 12.1. The molecule has 0 radical (unpaired) electrons. The lowest BCUT2D eigenvalue weighted by atomic mass is 10.1. The highest BCUT2D eigenvalue weighted by Crippen LogP contribution is 2.25. The highest BCUT2D eigenvalue weighted by atomic mass is 79.9. The molecule has 0 aliphatic rings. The van der Waals surface area contributed by atoms with E-state index in [9.17, 15) is 8.78 Å². The predicted molar refractivity (Wildman–Crippen MR) is 65.0 cm³/mol. The quantitative estimate of drug-likeness (QED) is 0.877. The van der Waals surface area contributed by atoms with Gasteiger partial charge in [-0.15, -0.1) is 0 Å². The normalized spacial score (nSPS) is 13.1. The van der Waals surface area contributed by atoms with Crippen LogP contribution in [-0.4, -0.2) is 19.5 Å². The Morgan fingerprint density at radius 2 is 2.12 bits per heavy atom. The van der Waals surface area contributed by atoms with Gasteiger partial charge in [-0.3, -0.25) is 0 Å². The summed E-state index contributed by atoms with van der Waals surface area (Å²) in [4.78, 5) is 0. The van der Waals surface area contributed by atoms with Crippen LogP contribution in [0.25, 0.3) is 0 Å². The van der Waals surface area contributed by atoms with Crippen LogP contribution in [0.5, 0.6) is 0 Å². The molecule has 0 saturated heterocycles. The number of benzene rings is 1. The van der Waals surface area contributed by atoms with Crippen molar-refractivity contribution in [2.24, 2.45) is 5.73 Å². The van der Waals surface area contributed by atoms with Crippen molar-refractivity contribution in [3.63, 3.8) is 0 Å². The minimum Gasteiger partial charge on any atom is -0.329 e. The van der Waals surface area contributed by atoms with Crippen molar-refractivity contribution >= 4 is 27.5 Å². The fourth-order valence-corrected chi connectivity index (χ4v) is 1.73. The topological polar surface area (TPSA) is 38.0 Å². The SMILES string of the molecule is NCC(NCC(F)F)c1ccc(Br)c(Cl)c1. The molecule has 3 N–H and O–H groups in total. The third-order valence-corrected chi connectivity index (χ3v) is 3.33. The van der Waals surface area contributed by atoms with Crippen LogP contribution in [0.4, 0.5) is 8.78 Å². The van der Waals surface area contributed by atoms with Crippen LogP contribution >= 0.6 is 27.5 Å². The van der Waals surface area contributed by atoms with Gasteiger partial charge in [0.15, 0.2) is 0 Å². The lowest BCUT2D eigenvalue weighted by molar-refractivity contribution is 0.141. The van der Waals surface area contributed by atoms with E-state index in [1.165, 1.54) is 0 Å². The van der Waals surface area contributed by atoms with E-state index in [2.05, 4.69) is 21.2 Å². The van der Waals surface area contributed by atoms with Crippen LogP contribution in [0.15, 0.2) is 22.7 Å². The van der Waals surface area contributed by atoms with Crippen molar-refractivity contribution < 1.29 is 8.78 Å². The molecule has 0 bridgehead atoms. The van der Waals surface area contributed by atoms with E-state index < -0.39 is 6.43 Å². The van der Waals surface area contributed by atoms with E-state index in [1.54, 1.807) is 18.2 Å². The molecule has 1 aromatic carbocycles. The Kier molecular flexibility index (Phi) is 5.61. The van der Waals surface area contributed by atoms with Gasteiger partial charge in [-0.25, -0.2) is 8.78 Å². The summed E-state index contributed by atoms with van der Waals surface area (Å²) >= 11 is 9.17. The Morgan fingerprint density at radius 3 is 2.62 bits per heavy atom. The van der Waals surface area contributed by atoms with E-state index >= 15 is 0 Å². The monoisotopic (exact) mass is 312 g/mol. The van der Waals surface area contributed by atoms with Crippen LogP contribution in [0.3, 0.4) is 0 Å². The van der Waals surface area contributed by atoms with Gasteiger partial charge in [0.25, 0.3) is 6.43 Å². The Balaban J connectivity index is 2.74. The van der Waals surface area contributed by atoms with Gasteiger partial charge in [-0.05, 0) is 33.6 Å². The summed E-state index contributed by atoms with van der Waals surface area (Å²) in [5.41, 5.74) is 6.32. The minimum absolute atomic E-state index is 0.241. The lowest BCUT2D eigenvalue weighted by Gasteiger charge is -2.17. The van der Waals surface area contributed by atoms with Gasteiger partial charge < -0.3 is 11.1 Å². The van der Waals surface area contributed by atoms with Crippen molar-refractivity contribution in [3.05, 3.63) is 33.3 Å². The average Bonchev–Trinajstić information content (AvgIpc) is 2.23. The largest absolute Gasteiger partial charge is 0.329 e. The van der Waals surface area contributed by atoms with Crippen LogP contribution in [-0.2, 0) is 0 Å². The first-order valence-corrected chi connectivity index (χ1v) is 5.88. The molecule has 1 unspecified atom stereocenters. The molecule has 0 saturated carbocycles. The molecule has 0 amide bonds. The molecule has 0 aliphatic carbocycles. The highest BCUT2D eigenvalue weighted by molar-refractivity contribution is 9.10. The molecule has 1 atom stereocenters. The van der Waals surface area contributed by atoms with E-state index in [-0.39, 0.29) is 19.1 Å². The standard InChI is InChI=1S/C10H12BrClF2N2/c11-7-2-1-6(3-8(7)12)9(4-15)16-5-10(13)14/h1-3,9-10,16H,4-5,15H2. The molecule has 2 nitrogen and oxygen atoms in total. The number of nitrogens with two attached hydrogens (primary N) is 1. The zero-order valence-electron chi connectivity index (χ0n) is 8.39. The molecule has 0 spiro atoms. The van der Waals surface area contributed by atoms with E-state index in [4.69, 9.17) is 17.3 Å². The van der Waals surface area contributed by atoms with Gasteiger partial charge in [-0.2, -0.15) is 0 Å². The van der Waals surface area contributed by atoms with Gasteiger partial charge >= 0.3 is 0 Å². The minimum atomic E-state index is -2.39. The second-order valence-electron chi connectivity index (χ2n) is 3.26. The van der Waals surface area contributed by atoms with E-state index in [0.717, 1.165) is 10.0 Å². The molecule has 1 aromatic rings. The molecule has 1 rings (SSSR count). The summed E-state index contributed by atoms with van der Waals surface area (Å²) in [5.74, 6) is 0. The van der Waals surface area contributed by atoms with Crippen molar-refractivity contribution in [1.29, 1.82) is 0 Å². The highest BCUT2D eigenvalue weighted by Gasteiger charge is 2.12. The van der Waals surface area contributed by atoms with Gasteiger partial charge in [0.05, 0.1) is 11.6 Å². The van der Waals surface area contributed by atoms with Gasteiger partial charge in [-0.1, -0.05) is 17.7 Å². The lowest BCUT2D eigenvalue weighted by Crippen LogP contribution is -2.31. The molecule has 0 aliphatic heterocycles. The summed E-state index contributed by atoms with van der Waals surface area (Å²) in [6, 6.07) is 4.97. The number of rotatable bonds is 5. The Labute approximate surface area is 106 Å². The molecule has 90 valence electrons. The Morgan fingerprint density at radius 1 is 1.44 bits per heavy atom. The van der Waals surface area contributed by atoms with Crippen LogP contribution < -0.4 is 11.1 Å². The average molecular weight is 314 g/mol. The van der Waals surface area contributed by atoms with E-state index in [0.29, 0.717) is 5.02 Å². The van der Waals surface area contributed by atoms with Crippen LogP contribution in [0.1, 0.15) is 11.6 Å². The second kappa shape index (κ2) is 6.49. The van der Waals surface area contributed by atoms with Crippen LogP contribution in [0.2, 0.25) is 5.02 Å². The van der Waals surface area contributed by atoms with Gasteiger partial charge in [0, 0.05) is 17.1 Å². The van der Waals surface area contributed by atoms with Gasteiger partial charge in [0.1, 0.15) is 0 Å². The molecule has 6 heteroatoms. The fourth-order valence-electron chi connectivity index (χ4n) is 1.30. The number of hydrogen-bond acceptors (Lipinski definition) is 2. The number of alkyl halides is 2. The maximum Gasteiger partial charge on any atom is 0.250 e. The number of halogens is 4. The molecule has 0 aromatic heterocycles. The first-order valence-electron chi connectivity index (χ1n) is 4.71. The Bertz CT molecular complexity index is 350. The summed E-state index contributed by atoms with van der Waals surface area (Å²) in [6.45, 7) is -0.139. The maximum absolute atomic E-state index is 12.1. The third kappa shape index (κ3) is 3.97. The first kappa shape index (κ1) is 13.8. The summed E-state index contributed by atoms with van der Waals surface area (Å²) < 4.78 is 24.9. The second-order valence-corrected chi connectivity index (χ2v) is 4.52. The third-order valence-electron chi connectivity index (χ3n) is 2.10. The molecular weight excluding hydrogens is 301 g/mol. The zero-order valence-corrected chi connectivity index (χ0v) is 10.7. The summed E-state index contributed by atoms with van der Waals surface area (Å²) in [5, 5.41) is 3.22. The fraction of sp³-hybridized carbons (Fsp3) is 0.400. The summed E-state index contributed by atoms with van der Waals surface area (Å²) in [7, 11) is 0. The van der Waals surface area contributed by atoms with E-state index in [1.807, 2.05) is 0 Å². The van der Waals surface area contributed by atoms with Crippen molar-refractivity contribution in [2.45, 2.75) is 12.5 Å². The first-order chi connectivity index (χ1) is 7.54. The number of nitrogens with one attached hydrogen (secondary N) is 1. The van der Waals surface area contributed by atoms with Crippen molar-refractivity contribution in [3.8, 4) is 0 Å². The molecule has 16 heavy (non-hydrogen) atoms. The van der Waals surface area contributed by atoms with Crippen molar-refractivity contribution in [1.82, 2.24) is 5.32 Å². The van der Waals surface area contributed by atoms with Crippen molar-refractivity contribution in [2.75, 3.05) is 13.1 Å². The summed E-state index contributed by atoms with van der Waals surface area (Å²) in [6.07, 6.45) is -2.39. The smallest absolute Gasteiger partial charge is 0.250 e. The van der Waals surface area contributed by atoms with Gasteiger partial charge in [0.2, 0.25) is 0 Å². The predicted octanol–water partition coefficient (Wildman–Crippen LogP) is 2.96. The molecule has 0 fully saturated rings. The molecular formula is C10H12BrClF2N2.